The lowest BCUT2D eigenvalue weighted by molar-refractivity contribution is -0.165. The molecular weight excluding hydrogens is 598 g/mol. The van der Waals surface area contributed by atoms with E-state index in [2.05, 4.69) is 11.9 Å². The summed E-state index contributed by atoms with van der Waals surface area (Å²) in [6.45, 7) is 12.2. The van der Waals surface area contributed by atoms with E-state index in [1.165, 1.54) is 18.7 Å². The summed E-state index contributed by atoms with van der Waals surface area (Å²) in [5, 5.41) is 11.4. The molecule has 1 aliphatic rings. The monoisotopic (exact) mass is 647 g/mol. The van der Waals surface area contributed by atoms with Crippen molar-refractivity contribution in [2.75, 3.05) is 38.2 Å². The van der Waals surface area contributed by atoms with Crippen LogP contribution in [0, 0.1) is 5.41 Å². The van der Waals surface area contributed by atoms with Gasteiger partial charge in [0.25, 0.3) is 5.91 Å². The third-order valence-corrected chi connectivity index (χ3v) is 7.03. The number of nitrogens with one attached hydrogen (secondary N) is 1. The molecule has 1 fully saturated rings. The molecule has 0 bridgehead atoms. The molecule has 0 radical (unpaired) electrons. The van der Waals surface area contributed by atoms with Crippen LogP contribution in [0.15, 0.2) is 36.9 Å². The molecule has 256 valence electrons. The molecule has 1 saturated heterocycles. The van der Waals surface area contributed by atoms with Gasteiger partial charge < -0.3 is 35.3 Å². The number of aliphatic carboxylic acids is 1. The summed E-state index contributed by atoms with van der Waals surface area (Å²) in [5.41, 5.74) is 5.37. The quantitative estimate of drug-likeness (QED) is 0.127. The number of nitrogens with zero attached hydrogens (tertiary/aromatic N) is 1. The first-order valence-electron chi connectivity index (χ1n) is 15.6. The Kier molecular flexibility index (Phi) is 18.1. The first-order valence-corrected chi connectivity index (χ1v) is 15.6. The van der Waals surface area contributed by atoms with E-state index in [4.69, 9.17) is 25.1 Å². The summed E-state index contributed by atoms with van der Waals surface area (Å²) in [4.78, 5) is 75.3. The van der Waals surface area contributed by atoms with E-state index in [1.54, 1.807) is 24.3 Å². The van der Waals surface area contributed by atoms with Crippen LogP contribution in [0.1, 0.15) is 84.3 Å². The molecule has 2 rings (SSSR count). The number of carboxylic acid groups (broad SMARTS) is 1. The molecule has 0 saturated carbocycles. The highest BCUT2D eigenvalue weighted by molar-refractivity contribution is 6.38. The standard InChI is InChI=1S/C29H39N3O9.C4H10O/c1-4-25(36)40-18-29(2,3)26(37)27(38)32-16-6-5-11-21(32)28(39)41-22(12-8-15-30)19-9-7-10-20(17-19)31-23(33)13-14-24(34)35;1-3-5-4-2/h4,7,9-10,17,21-22H,1,5-6,8,11-16,18,30H2,2-3H3,(H,31,33)(H,34,35);3-4H2,1-2H3/t21-,22+;/m0./s1. The molecule has 13 heteroatoms. The molecule has 1 heterocycles. The van der Waals surface area contributed by atoms with Crippen molar-refractivity contribution in [3.05, 3.63) is 42.5 Å². The number of rotatable bonds is 17. The Balaban J connectivity index is 0.00000195. The van der Waals surface area contributed by atoms with Crippen LogP contribution in [0.5, 0.6) is 0 Å². The van der Waals surface area contributed by atoms with Gasteiger partial charge in [0.05, 0.1) is 11.8 Å². The molecule has 2 atom stereocenters. The van der Waals surface area contributed by atoms with Crippen molar-refractivity contribution in [2.24, 2.45) is 11.1 Å². The molecule has 0 unspecified atom stereocenters. The number of ketones is 1. The van der Waals surface area contributed by atoms with Crippen LogP contribution in [-0.4, -0.2) is 84.5 Å². The van der Waals surface area contributed by atoms with E-state index in [9.17, 15) is 28.8 Å². The molecule has 13 nitrogen and oxygen atoms in total. The van der Waals surface area contributed by atoms with Crippen LogP contribution in [0.4, 0.5) is 5.69 Å². The number of piperidine rings is 1. The Bertz CT molecular complexity index is 1200. The van der Waals surface area contributed by atoms with Crippen molar-refractivity contribution in [2.45, 2.75) is 84.8 Å². The van der Waals surface area contributed by atoms with Crippen molar-refractivity contribution in [3.63, 3.8) is 0 Å². The van der Waals surface area contributed by atoms with Gasteiger partial charge in [-0.15, -0.1) is 0 Å². The Hall–Kier alpha value is -4.10. The van der Waals surface area contributed by atoms with E-state index in [1.807, 2.05) is 13.8 Å². The molecule has 1 aromatic carbocycles. The van der Waals surface area contributed by atoms with Crippen LogP contribution >= 0.6 is 0 Å². The zero-order chi connectivity index (χ0) is 34.7. The number of esters is 2. The summed E-state index contributed by atoms with van der Waals surface area (Å²) in [6.07, 6.45) is 2.19. The Morgan fingerprint density at radius 1 is 1.13 bits per heavy atom. The molecule has 4 N–H and O–H groups in total. The van der Waals surface area contributed by atoms with Gasteiger partial charge in [-0.3, -0.25) is 19.2 Å². The number of anilines is 1. The van der Waals surface area contributed by atoms with Crippen LogP contribution < -0.4 is 11.1 Å². The van der Waals surface area contributed by atoms with Gasteiger partial charge in [-0.1, -0.05) is 18.7 Å². The smallest absolute Gasteiger partial charge is 0.330 e. The van der Waals surface area contributed by atoms with Crippen molar-refractivity contribution in [3.8, 4) is 0 Å². The van der Waals surface area contributed by atoms with Crippen molar-refractivity contribution >= 4 is 41.2 Å². The maximum Gasteiger partial charge on any atom is 0.330 e. The minimum absolute atomic E-state index is 0.192. The fraction of sp³-hybridized carbons (Fsp3) is 0.576. The number of carboxylic acids is 1. The third-order valence-electron chi connectivity index (χ3n) is 7.03. The summed E-state index contributed by atoms with van der Waals surface area (Å²) < 4.78 is 15.7. The second-order valence-electron chi connectivity index (χ2n) is 11.2. The number of carbonyl (C=O) groups is 6. The average molecular weight is 648 g/mol. The normalized spacial score (nSPS) is 15.0. The fourth-order valence-corrected chi connectivity index (χ4v) is 4.50. The summed E-state index contributed by atoms with van der Waals surface area (Å²) >= 11 is 0. The lowest BCUT2D eigenvalue weighted by atomic mass is 9.87. The van der Waals surface area contributed by atoms with Crippen molar-refractivity contribution in [1.82, 2.24) is 4.90 Å². The molecule has 0 aromatic heterocycles. The van der Waals surface area contributed by atoms with Gasteiger partial charge in [0.15, 0.2) is 0 Å². The molecule has 1 aromatic rings. The highest BCUT2D eigenvalue weighted by Gasteiger charge is 2.42. The number of nitrogens with two attached hydrogens (primary N) is 1. The molecule has 2 amide bonds. The van der Waals surface area contributed by atoms with Gasteiger partial charge in [-0.2, -0.15) is 0 Å². The maximum absolute atomic E-state index is 13.4. The molecule has 0 spiro atoms. The summed E-state index contributed by atoms with van der Waals surface area (Å²) in [5.74, 6) is -4.58. The van der Waals surface area contributed by atoms with E-state index in [0.717, 1.165) is 19.3 Å². The number of amides is 2. The number of hydrogen-bond donors (Lipinski definition) is 3. The van der Waals surface area contributed by atoms with Gasteiger partial charge >= 0.3 is 17.9 Å². The topological polar surface area (TPSA) is 192 Å². The van der Waals surface area contributed by atoms with Crippen molar-refractivity contribution in [1.29, 1.82) is 0 Å². The zero-order valence-corrected chi connectivity index (χ0v) is 27.4. The predicted octanol–water partition coefficient (Wildman–Crippen LogP) is 3.56. The number of hydrogen-bond acceptors (Lipinski definition) is 10. The molecule has 0 aliphatic carbocycles. The molecule has 1 aliphatic heterocycles. The van der Waals surface area contributed by atoms with Crippen LogP contribution in [-0.2, 0) is 43.0 Å². The minimum atomic E-state index is -1.32. The third kappa shape index (κ3) is 13.9. The predicted molar refractivity (Wildman–Crippen MR) is 171 cm³/mol. The first kappa shape index (κ1) is 39.9. The summed E-state index contributed by atoms with van der Waals surface area (Å²) in [6, 6.07) is 5.67. The number of carbonyl (C=O) groups excluding carboxylic acids is 5. The van der Waals surface area contributed by atoms with Crippen LogP contribution in [0.2, 0.25) is 0 Å². The lowest BCUT2D eigenvalue weighted by Crippen LogP contribution is -2.53. The van der Waals surface area contributed by atoms with E-state index < -0.39 is 53.1 Å². The zero-order valence-electron chi connectivity index (χ0n) is 27.4. The SMILES string of the molecule is C=CC(=O)OCC(C)(C)C(=O)C(=O)N1CCCC[C@H]1C(=O)O[C@H](CCCN)c1cccc(NC(=O)CCC(=O)O)c1.CCOCC. The van der Waals surface area contributed by atoms with E-state index in [-0.39, 0.29) is 26.0 Å². The van der Waals surface area contributed by atoms with Gasteiger partial charge in [0.2, 0.25) is 11.7 Å². The lowest BCUT2D eigenvalue weighted by Gasteiger charge is -2.36. The molecular formula is C33H49N3O10. The number of likely N-dealkylation sites (tertiary alicyclic amines) is 1. The minimum Gasteiger partial charge on any atom is -0.481 e. The second kappa shape index (κ2) is 20.8. The number of Topliss-reactive ketones (excluding diaryl/α,β-unsaturated/α-hetero) is 1. The Labute approximate surface area is 270 Å². The van der Waals surface area contributed by atoms with Gasteiger partial charge in [0, 0.05) is 37.9 Å². The second-order valence-corrected chi connectivity index (χ2v) is 11.2. The average Bonchev–Trinajstić information content (AvgIpc) is 3.04. The Morgan fingerprint density at radius 3 is 2.41 bits per heavy atom. The number of benzene rings is 1. The maximum atomic E-state index is 13.4. The van der Waals surface area contributed by atoms with Gasteiger partial charge in [-0.25, -0.2) is 9.59 Å². The fourth-order valence-electron chi connectivity index (χ4n) is 4.50. The highest BCUT2D eigenvalue weighted by Crippen LogP contribution is 2.29. The van der Waals surface area contributed by atoms with Crippen LogP contribution in [0.3, 0.4) is 0 Å². The van der Waals surface area contributed by atoms with Gasteiger partial charge in [0.1, 0.15) is 18.8 Å². The van der Waals surface area contributed by atoms with Gasteiger partial charge in [-0.05, 0) is 84.0 Å². The first-order chi connectivity index (χ1) is 21.8. The van der Waals surface area contributed by atoms with E-state index in [0.29, 0.717) is 49.9 Å². The number of ether oxygens (including phenoxy) is 3. The van der Waals surface area contributed by atoms with Crippen LogP contribution in [0.25, 0.3) is 0 Å². The van der Waals surface area contributed by atoms with Crippen molar-refractivity contribution < 1.29 is 48.1 Å². The highest BCUT2D eigenvalue weighted by atomic mass is 16.5. The van der Waals surface area contributed by atoms with E-state index >= 15 is 0 Å². The Morgan fingerprint density at radius 2 is 1.83 bits per heavy atom. The largest absolute Gasteiger partial charge is 0.481 e. The summed E-state index contributed by atoms with van der Waals surface area (Å²) in [7, 11) is 0. The molecule has 46 heavy (non-hydrogen) atoms.